The first kappa shape index (κ1) is 12.4. The van der Waals surface area contributed by atoms with Crippen LogP contribution < -0.4 is 5.73 Å². The molecule has 2 N–H and O–H groups in total. The molecule has 0 aliphatic heterocycles. The highest BCUT2D eigenvalue weighted by Crippen LogP contribution is 2.60. The summed E-state index contributed by atoms with van der Waals surface area (Å²) >= 11 is 0. The molecule has 0 amide bonds. The van der Waals surface area contributed by atoms with Crippen molar-refractivity contribution in [3.63, 3.8) is 0 Å². The van der Waals surface area contributed by atoms with Crippen LogP contribution >= 0.6 is 0 Å². The Labute approximate surface area is 98.5 Å². The van der Waals surface area contributed by atoms with E-state index in [-0.39, 0.29) is 17.9 Å². The minimum atomic E-state index is -3.39. The third-order valence-electron chi connectivity index (χ3n) is 3.26. The Morgan fingerprint density at radius 2 is 2.00 bits per heavy atom. The summed E-state index contributed by atoms with van der Waals surface area (Å²) in [4.78, 5) is 0.0468. The number of nitrogens with two attached hydrogens (primary N) is 1. The van der Waals surface area contributed by atoms with Gasteiger partial charge in [-0.15, -0.1) is 0 Å². The fourth-order valence-electron chi connectivity index (χ4n) is 2.01. The van der Waals surface area contributed by atoms with Crippen molar-refractivity contribution >= 4 is 9.84 Å². The summed E-state index contributed by atoms with van der Waals surface area (Å²) in [5.41, 5.74) is 4.32. The van der Waals surface area contributed by atoms with Crippen molar-refractivity contribution in [2.45, 2.75) is 22.7 Å². The van der Waals surface area contributed by atoms with Gasteiger partial charge in [0.1, 0.15) is 0 Å². The normalized spacial score (nSPS) is 26.8. The quantitative estimate of drug-likeness (QED) is 0.892. The molecule has 6 heteroatoms. The van der Waals surface area contributed by atoms with Crippen LogP contribution in [0.15, 0.2) is 29.2 Å². The highest BCUT2D eigenvalue weighted by molar-refractivity contribution is 7.90. The van der Waals surface area contributed by atoms with Gasteiger partial charge in [-0.3, -0.25) is 0 Å². The van der Waals surface area contributed by atoms with Gasteiger partial charge in [0, 0.05) is 19.2 Å². The number of rotatable bonds is 3. The highest BCUT2D eigenvalue weighted by Gasteiger charge is 2.71. The maximum atomic E-state index is 13.3. The second-order valence-corrected chi connectivity index (χ2v) is 6.48. The lowest BCUT2D eigenvalue weighted by Crippen LogP contribution is -2.27. The van der Waals surface area contributed by atoms with Crippen LogP contribution in [0.4, 0.5) is 8.78 Å². The summed E-state index contributed by atoms with van der Waals surface area (Å²) in [5, 5.41) is 0. The number of hydrogen-bond donors (Lipinski definition) is 1. The van der Waals surface area contributed by atoms with E-state index in [1.54, 1.807) is 0 Å². The third-order valence-corrected chi connectivity index (χ3v) is 4.37. The number of sulfone groups is 1. The molecule has 94 valence electrons. The molecule has 0 saturated heterocycles. The molecular weight excluding hydrogens is 248 g/mol. The van der Waals surface area contributed by atoms with Crippen LogP contribution in [0.2, 0.25) is 0 Å². The van der Waals surface area contributed by atoms with Gasteiger partial charge in [-0.1, -0.05) is 12.1 Å². The smallest absolute Gasteiger partial charge is 0.260 e. The highest BCUT2D eigenvalue weighted by atomic mass is 32.2. The molecule has 1 aliphatic carbocycles. The second kappa shape index (κ2) is 3.49. The van der Waals surface area contributed by atoms with Crippen LogP contribution in [0.3, 0.4) is 0 Å². The van der Waals surface area contributed by atoms with Crippen LogP contribution in [-0.2, 0) is 15.3 Å². The SMILES string of the molecule is CS(=O)(=O)c1cccc(C2(CN)CC2(F)F)c1. The van der Waals surface area contributed by atoms with Crippen LogP contribution in [0, 0.1) is 0 Å². The maximum absolute atomic E-state index is 13.3. The molecule has 1 unspecified atom stereocenters. The van der Waals surface area contributed by atoms with Crippen LogP contribution in [0.1, 0.15) is 12.0 Å². The molecule has 0 aromatic heterocycles. The summed E-state index contributed by atoms with van der Waals surface area (Å²) in [7, 11) is -3.39. The zero-order valence-corrected chi connectivity index (χ0v) is 10.1. The minimum Gasteiger partial charge on any atom is -0.329 e. The molecule has 1 aromatic rings. The van der Waals surface area contributed by atoms with Gasteiger partial charge < -0.3 is 5.73 Å². The number of hydrogen-bond acceptors (Lipinski definition) is 3. The van der Waals surface area contributed by atoms with Crippen molar-refractivity contribution in [2.24, 2.45) is 5.73 Å². The summed E-state index contributed by atoms with van der Waals surface area (Å²) in [5.74, 6) is -2.84. The first-order valence-corrected chi connectivity index (χ1v) is 7.01. The fraction of sp³-hybridized carbons (Fsp3) is 0.455. The monoisotopic (exact) mass is 261 g/mol. The van der Waals surface area contributed by atoms with Crippen LogP contribution in [0.25, 0.3) is 0 Å². The Hall–Kier alpha value is -1.01. The Morgan fingerprint density at radius 3 is 2.41 bits per heavy atom. The van der Waals surface area contributed by atoms with E-state index in [1.807, 2.05) is 0 Å². The van der Waals surface area contributed by atoms with Gasteiger partial charge in [-0.2, -0.15) is 0 Å². The lowest BCUT2D eigenvalue weighted by atomic mass is 9.95. The van der Waals surface area contributed by atoms with E-state index < -0.39 is 21.2 Å². The van der Waals surface area contributed by atoms with Crippen molar-refractivity contribution in [1.29, 1.82) is 0 Å². The van der Waals surface area contributed by atoms with Gasteiger partial charge in [0.25, 0.3) is 5.92 Å². The summed E-state index contributed by atoms with van der Waals surface area (Å²) in [6, 6.07) is 5.66. The summed E-state index contributed by atoms with van der Waals surface area (Å²) in [6.45, 7) is -0.187. The standard InChI is InChI=1S/C11H13F2NO2S/c1-17(15,16)9-4-2-3-8(5-9)10(7-14)6-11(10,12)13/h2-5H,6-7,14H2,1H3. The maximum Gasteiger partial charge on any atom is 0.260 e. The molecule has 0 heterocycles. The second-order valence-electron chi connectivity index (χ2n) is 4.47. The molecule has 0 bridgehead atoms. The van der Waals surface area contributed by atoms with E-state index in [9.17, 15) is 17.2 Å². The van der Waals surface area contributed by atoms with E-state index in [0.29, 0.717) is 5.56 Å². The van der Waals surface area contributed by atoms with Crippen LogP contribution in [-0.4, -0.2) is 27.1 Å². The molecule has 0 spiro atoms. The van der Waals surface area contributed by atoms with E-state index in [0.717, 1.165) is 6.26 Å². The molecule has 1 aromatic carbocycles. The Bertz CT molecular complexity index is 556. The van der Waals surface area contributed by atoms with Crippen molar-refractivity contribution < 1.29 is 17.2 Å². The predicted molar refractivity (Wildman–Crippen MR) is 59.8 cm³/mol. The van der Waals surface area contributed by atoms with Gasteiger partial charge in [0.15, 0.2) is 9.84 Å². The van der Waals surface area contributed by atoms with E-state index in [2.05, 4.69) is 0 Å². The van der Waals surface area contributed by atoms with Gasteiger partial charge in [-0.05, 0) is 17.7 Å². The lowest BCUT2D eigenvalue weighted by molar-refractivity contribution is 0.0895. The van der Waals surface area contributed by atoms with Crippen molar-refractivity contribution in [3.8, 4) is 0 Å². The summed E-state index contributed by atoms with van der Waals surface area (Å²) < 4.78 is 49.4. The largest absolute Gasteiger partial charge is 0.329 e. The molecule has 1 aliphatic rings. The Morgan fingerprint density at radius 1 is 1.41 bits per heavy atom. The van der Waals surface area contributed by atoms with E-state index in [1.165, 1.54) is 24.3 Å². The average Bonchev–Trinajstić information content (AvgIpc) is 2.81. The number of halogens is 2. The first-order valence-electron chi connectivity index (χ1n) is 5.11. The van der Waals surface area contributed by atoms with Gasteiger partial charge in [-0.25, -0.2) is 17.2 Å². The third kappa shape index (κ3) is 1.85. The average molecular weight is 261 g/mol. The Balaban J connectivity index is 2.49. The molecular formula is C11H13F2NO2S. The van der Waals surface area contributed by atoms with E-state index >= 15 is 0 Å². The van der Waals surface area contributed by atoms with Crippen LogP contribution in [0.5, 0.6) is 0 Å². The van der Waals surface area contributed by atoms with Gasteiger partial charge >= 0.3 is 0 Å². The van der Waals surface area contributed by atoms with Gasteiger partial charge in [0.2, 0.25) is 0 Å². The molecule has 1 fully saturated rings. The number of benzene rings is 1. The number of alkyl halides is 2. The topological polar surface area (TPSA) is 60.2 Å². The molecule has 1 atom stereocenters. The van der Waals surface area contributed by atoms with Crippen molar-refractivity contribution in [3.05, 3.63) is 29.8 Å². The molecule has 0 radical (unpaired) electrons. The van der Waals surface area contributed by atoms with Gasteiger partial charge in [0.05, 0.1) is 10.3 Å². The zero-order chi connectivity index (χ0) is 12.9. The molecule has 1 saturated carbocycles. The van der Waals surface area contributed by atoms with Crippen molar-refractivity contribution in [2.75, 3.05) is 12.8 Å². The fourth-order valence-corrected chi connectivity index (χ4v) is 2.68. The Kier molecular flexibility index (Phi) is 2.56. The first-order chi connectivity index (χ1) is 7.73. The molecule has 2 rings (SSSR count). The summed E-state index contributed by atoms with van der Waals surface area (Å²) in [6.07, 6.45) is 0.732. The van der Waals surface area contributed by atoms with E-state index in [4.69, 9.17) is 5.73 Å². The van der Waals surface area contributed by atoms with Crippen molar-refractivity contribution in [1.82, 2.24) is 0 Å². The zero-order valence-electron chi connectivity index (χ0n) is 9.28. The molecule has 3 nitrogen and oxygen atoms in total. The lowest BCUT2D eigenvalue weighted by Gasteiger charge is -2.15. The molecule has 17 heavy (non-hydrogen) atoms. The predicted octanol–water partition coefficient (Wildman–Crippen LogP) is 1.33. The minimum absolute atomic E-state index is 0.0468.